The average Bonchev–Trinajstić information content (AvgIpc) is 3.38. The summed E-state index contributed by atoms with van der Waals surface area (Å²) >= 11 is 1.92. The fourth-order valence-electron chi connectivity index (χ4n) is 4.69. The van der Waals surface area contributed by atoms with E-state index >= 15 is 0 Å². The maximum absolute atomic E-state index is 6.48. The summed E-state index contributed by atoms with van der Waals surface area (Å²) in [5.74, 6) is 0. The maximum Gasteiger partial charge on any atom is 0.159 e. The molecule has 1 aromatic heterocycles. The normalized spacial score (nSPS) is 16.4. The van der Waals surface area contributed by atoms with Crippen LogP contribution in [0.25, 0.3) is 26.8 Å². The van der Waals surface area contributed by atoms with Gasteiger partial charge in [0, 0.05) is 21.4 Å². The van der Waals surface area contributed by atoms with Gasteiger partial charge in [-0.05, 0) is 36.6 Å². The zero-order valence-corrected chi connectivity index (χ0v) is 18.9. The van der Waals surface area contributed by atoms with Crippen molar-refractivity contribution in [3.05, 3.63) is 119 Å². The van der Waals surface area contributed by atoms with Crippen LogP contribution in [0.3, 0.4) is 0 Å². The van der Waals surface area contributed by atoms with E-state index in [1.807, 2.05) is 17.8 Å². The second kappa shape index (κ2) is 7.61. The van der Waals surface area contributed by atoms with Crippen LogP contribution in [-0.2, 0) is 0 Å². The van der Waals surface area contributed by atoms with E-state index in [2.05, 4.69) is 110 Å². The lowest BCUT2D eigenvalue weighted by Gasteiger charge is -2.29. The Hall–Kier alpha value is -3.43. The van der Waals surface area contributed by atoms with Crippen molar-refractivity contribution >= 4 is 44.3 Å². The zero-order chi connectivity index (χ0) is 21.7. The molecule has 5 aromatic rings. The van der Waals surface area contributed by atoms with Crippen molar-refractivity contribution in [2.24, 2.45) is 0 Å². The fraction of sp³-hybridized carbons (Fsp3) is 0.103. The third-order valence-electron chi connectivity index (χ3n) is 6.24. The number of para-hydroxylation sites is 1. The lowest BCUT2D eigenvalue weighted by molar-refractivity contribution is 0.666. The highest BCUT2D eigenvalue weighted by molar-refractivity contribution is 8.09. The van der Waals surface area contributed by atoms with E-state index in [9.17, 15) is 0 Å². The van der Waals surface area contributed by atoms with Crippen LogP contribution in [0.1, 0.15) is 29.0 Å². The minimum Gasteiger partial charge on any atom is -0.454 e. The van der Waals surface area contributed by atoms with E-state index in [0.29, 0.717) is 0 Å². The van der Waals surface area contributed by atoms with Crippen LogP contribution in [0.2, 0.25) is 0 Å². The lowest BCUT2D eigenvalue weighted by Crippen LogP contribution is -2.22. The van der Waals surface area contributed by atoms with Crippen molar-refractivity contribution in [1.82, 2.24) is 0 Å². The smallest absolute Gasteiger partial charge is 0.159 e. The van der Waals surface area contributed by atoms with Crippen molar-refractivity contribution in [1.29, 1.82) is 0 Å². The van der Waals surface area contributed by atoms with E-state index < -0.39 is 0 Å². The van der Waals surface area contributed by atoms with Gasteiger partial charge in [-0.3, -0.25) is 0 Å². The van der Waals surface area contributed by atoms with Crippen molar-refractivity contribution in [3.8, 4) is 0 Å². The molecule has 0 saturated carbocycles. The van der Waals surface area contributed by atoms with E-state index in [-0.39, 0.29) is 5.37 Å². The van der Waals surface area contributed by atoms with Gasteiger partial charge in [0.25, 0.3) is 0 Å². The number of fused-ring (bicyclic) bond motifs is 3. The summed E-state index contributed by atoms with van der Waals surface area (Å²) in [6.07, 6.45) is 0. The highest BCUT2D eigenvalue weighted by atomic mass is 32.2. The monoisotopic (exact) mass is 433 g/mol. The molecule has 1 aliphatic heterocycles. The van der Waals surface area contributed by atoms with E-state index in [1.54, 1.807) is 0 Å². The fourth-order valence-corrected chi connectivity index (χ4v) is 6.12. The van der Waals surface area contributed by atoms with E-state index in [1.165, 1.54) is 32.7 Å². The molecule has 1 atom stereocenters. The summed E-state index contributed by atoms with van der Waals surface area (Å²) in [7, 11) is 0. The minimum absolute atomic E-state index is 0.143. The quantitative estimate of drug-likeness (QED) is 0.284. The summed E-state index contributed by atoms with van der Waals surface area (Å²) in [6.45, 7) is 4.42. The number of hydrogen-bond donors (Lipinski definition) is 0. The number of anilines is 1. The lowest BCUT2D eigenvalue weighted by atomic mass is 10.1. The molecule has 156 valence electrons. The van der Waals surface area contributed by atoms with E-state index in [4.69, 9.17) is 4.42 Å². The number of rotatable bonds is 3. The molecular formula is C29H23NOS. The van der Waals surface area contributed by atoms with Gasteiger partial charge in [0.2, 0.25) is 0 Å². The van der Waals surface area contributed by atoms with Crippen LogP contribution < -0.4 is 4.90 Å². The van der Waals surface area contributed by atoms with E-state index in [0.717, 1.165) is 22.2 Å². The number of thioether (sulfide) groups is 1. The molecule has 0 aliphatic carbocycles. The highest BCUT2D eigenvalue weighted by Crippen LogP contribution is 2.55. The zero-order valence-electron chi connectivity index (χ0n) is 18.1. The molecule has 0 bridgehead atoms. The average molecular weight is 434 g/mol. The summed E-state index contributed by atoms with van der Waals surface area (Å²) in [6, 6.07) is 34.2. The van der Waals surface area contributed by atoms with Crippen LogP contribution in [0, 0.1) is 6.92 Å². The van der Waals surface area contributed by atoms with Gasteiger partial charge < -0.3 is 9.32 Å². The van der Waals surface area contributed by atoms with Gasteiger partial charge >= 0.3 is 0 Å². The van der Waals surface area contributed by atoms with Crippen LogP contribution in [0.5, 0.6) is 0 Å². The largest absolute Gasteiger partial charge is 0.454 e. The molecule has 0 saturated heterocycles. The number of aryl methyl sites for hydroxylation is 1. The summed E-state index contributed by atoms with van der Waals surface area (Å²) < 4.78 is 6.48. The molecule has 0 radical (unpaired) electrons. The molecule has 32 heavy (non-hydrogen) atoms. The van der Waals surface area contributed by atoms with Gasteiger partial charge in [-0.15, -0.1) is 0 Å². The topological polar surface area (TPSA) is 16.4 Å². The third-order valence-corrected chi connectivity index (χ3v) is 7.71. The Morgan fingerprint density at radius 1 is 0.719 bits per heavy atom. The SMILES string of the molecule is CC1=C(c2ccccc2)SC(c2ccccc2)N1c1c(C)ccc2c1oc1ccccc12. The van der Waals surface area contributed by atoms with Gasteiger partial charge in [0.1, 0.15) is 11.0 Å². The van der Waals surface area contributed by atoms with Gasteiger partial charge in [0.15, 0.2) is 5.58 Å². The number of hydrogen-bond acceptors (Lipinski definition) is 3. The Morgan fingerprint density at radius 2 is 1.41 bits per heavy atom. The first-order valence-corrected chi connectivity index (χ1v) is 11.8. The molecule has 0 spiro atoms. The predicted molar refractivity (Wildman–Crippen MR) is 137 cm³/mol. The number of allylic oxidation sites excluding steroid dienone is 1. The predicted octanol–water partition coefficient (Wildman–Crippen LogP) is 8.54. The molecular weight excluding hydrogens is 410 g/mol. The number of benzene rings is 4. The Morgan fingerprint density at radius 3 is 2.19 bits per heavy atom. The summed E-state index contributed by atoms with van der Waals surface area (Å²) in [5.41, 5.74) is 8.06. The molecule has 0 N–H and O–H groups in total. The Balaban J connectivity index is 1.63. The number of nitrogens with zero attached hydrogens (tertiary/aromatic N) is 1. The van der Waals surface area contributed by atoms with Crippen LogP contribution in [0.15, 0.2) is 107 Å². The second-order valence-corrected chi connectivity index (χ2v) is 9.33. The third kappa shape index (κ3) is 2.96. The van der Waals surface area contributed by atoms with Gasteiger partial charge in [0.05, 0.1) is 5.69 Å². The molecule has 1 aliphatic rings. The second-order valence-electron chi connectivity index (χ2n) is 8.24. The molecule has 3 heteroatoms. The van der Waals surface area contributed by atoms with Crippen molar-refractivity contribution in [2.75, 3.05) is 4.90 Å². The first-order chi connectivity index (χ1) is 15.7. The molecule has 4 aromatic carbocycles. The Labute approximate surface area is 192 Å². The van der Waals surface area contributed by atoms with Crippen LogP contribution in [-0.4, -0.2) is 0 Å². The highest BCUT2D eigenvalue weighted by Gasteiger charge is 2.35. The first-order valence-electron chi connectivity index (χ1n) is 10.9. The summed E-state index contributed by atoms with van der Waals surface area (Å²) in [4.78, 5) is 3.79. The molecule has 2 nitrogen and oxygen atoms in total. The minimum atomic E-state index is 0.143. The van der Waals surface area contributed by atoms with Crippen LogP contribution in [0.4, 0.5) is 5.69 Å². The Bertz CT molecular complexity index is 1470. The van der Waals surface area contributed by atoms with Crippen molar-refractivity contribution in [2.45, 2.75) is 19.2 Å². The maximum atomic E-state index is 6.48. The van der Waals surface area contributed by atoms with Crippen LogP contribution >= 0.6 is 11.8 Å². The molecule has 0 amide bonds. The van der Waals surface area contributed by atoms with Crippen molar-refractivity contribution in [3.63, 3.8) is 0 Å². The first kappa shape index (κ1) is 19.3. The summed E-state index contributed by atoms with van der Waals surface area (Å²) in [5, 5.41) is 2.47. The Kier molecular flexibility index (Phi) is 4.58. The molecule has 2 heterocycles. The standard InChI is InChI=1S/C29H23NOS/c1-19-17-18-24-23-15-9-10-16-25(23)31-27(24)26(19)30-20(2)28(21-11-5-3-6-12-21)32-29(30)22-13-7-4-8-14-22/h3-18,29H,1-2H3. The number of furan rings is 1. The molecule has 1 unspecified atom stereocenters. The molecule has 0 fully saturated rings. The van der Waals surface area contributed by atoms with Gasteiger partial charge in [-0.1, -0.05) is 103 Å². The van der Waals surface area contributed by atoms with Gasteiger partial charge in [-0.25, -0.2) is 0 Å². The van der Waals surface area contributed by atoms with Crippen molar-refractivity contribution < 1.29 is 4.42 Å². The molecule has 6 rings (SSSR count). The van der Waals surface area contributed by atoms with Gasteiger partial charge in [-0.2, -0.15) is 0 Å².